The number of rotatable bonds is 9. The van der Waals surface area contributed by atoms with Gasteiger partial charge in [0, 0.05) is 31.7 Å². The standard InChI is InChI=1S/C13H17F12N3O5S3/c1-7-5-27(6-8(2)28(7)4-3-9(14,15)16)36(32,33)12(21,22)10(17,18)11(19,20)34(29)26-35(30,31)13(23,24)25/h7-8,26H,3-6H2,1-2H3. The Morgan fingerprint density at radius 1 is 0.833 bits per heavy atom. The summed E-state index contributed by atoms with van der Waals surface area (Å²) in [5.74, 6) is -7.25. The van der Waals surface area contributed by atoms with Crippen LogP contribution in [0.4, 0.5) is 52.7 Å². The largest absolute Gasteiger partial charge is 0.512 e. The number of sulfonamides is 2. The lowest BCUT2D eigenvalue weighted by molar-refractivity contribution is -0.243. The molecule has 0 aromatic carbocycles. The minimum atomic E-state index is -7.25. The first kappa shape index (κ1) is 33.1. The molecule has 1 aliphatic rings. The zero-order valence-electron chi connectivity index (χ0n) is 17.7. The molecule has 0 bridgehead atoms. The van der Waals surface area contributed by atoms with E-state index in [1.165, 1.54) is 0 Å². The van der Waals surface area contributed by atoms with Gasteiger partial charge in [-0.2, -0.15) is 57.0 Å². The molecule has 1 N–H and O–H groups in total. The highest BCUT2D eigenvalue weighted by Gasteiger charge is 2.81. The minimum Gasteiger partial charge on any atom is -0.295 e. The molecule has 3 unspecified atom stereocenters. The van der Waals surface area contributed by atoms with Crippen LogP contribution in [0.3, 0.4) is 0 Å². The molecule has 1 fully saturated rings. The number of piperazine rings is 1. The Kier molecular flexibility index (Phi) is 9.20. The van der Waals surface area contributed by atoms with Crippen molar-refractivity contribution in [2.45, 2.75) is 60.5 Å². The topological polar surface area (TPSA) is 104 Å². The van der Waals surface area contributed by atoms with Gasteiger partial charge < -0.3 is 0 Å². The minimum absolute atomic E-state index is 0.445. The van der Waals surface area contributed by atoms with Gasteiger partial charge in [0.2, 0.25) is 0 Å². The molecule has 0 saturated carbocycles. The average Bonchev–Trinajstić information content (AvgIpc) is 2.64. The van der Waals surface area contributed by atoms with E-state index in [4.69, 9.17) is 0 Å². The predicted molar refractivity (Wildman–Crippen MR) is 97.9 cm³/mol. The third kappa shape index (κ3) is 6.21. The SMILES string of the molecule is CC1CN(S(=O)(=O)C(F)(F)C(F)(F)C(F)(F)S(=O)NS(=O)(=O)C(F)(F)F)CC(C)N1CCC(F)(F)F. The quantitative estimate of drug-likeness (QED) is 0.399. The molecular formula is C13H17F12N3O5S3. The van der Waals surface area contributed by atoms with Gasteiger partial charge >= 0.3 is 38.1 Å². The maximum atomic E-state index is 14.4. The molecule has 1 heterocycles. The number of nitrogens with zero attached hydrogens (tertiary/aromatic N) is 2. The Morgan fingerprint density at radius 2 is 1.25 bits per heavy atom. The molecular weight excluding hydrogens is 602 g/mol. The summed E-state index contributed by atoms with van der Waals surface area (Å²) in [6.07, 6.45) is -6.10. The maximum Gasteiger partial charge on any atom is 0.512 e. The van der Waals surface area contributed by atoms with Crippen LogP contribution in [0.15, 0.2) is 0 Å². The van der Waals surface area contributed by atoms with E-state index < -0.39 is 106 Å². The first-order valence-electron chi connectivity index (χ1n) is 9.09. The zero-order chi connectivity index (χ0) is 28.9. The van der Waals surface area contributed by atoms with E-state index in [2.05, 4.69) is 0 Å². The highest BCUT2D eigenvalue weighted by molar-refractivity contribution is 8.02. The fourth-order valence-electron chi connectivity index (χ4n) is 3.01. The van der Waals surface area contributed by atoms with Crippen LogP contribution in [-0.4, -0.2) is 90.1 Å². The zero-order valence-corrected chi connectivity index (χ0v) is 20.1. The first-order chi connectivity index (χ1) is 15.6. The molecule has 1 rings (SSSR count). The van der Waals surface area contributed by atoms with Gasteiger partial charge in [-0.25, -0.2) is 21.0 Å². The van der Waals surface area contributed by atoms with Gasteiger partial charge in [0.05, 0.1) is 6.42 Å². The van der Waals surface area contributed by atoms with Crippen molar-refractivity contribution >= 4 is 31.0 Å². The molecule has 0 aliphatic carbocycles. The van der Waals surface area contributed by atoms with Crippen LogP contribution in [0.25, 0.3) is 0 Å². The van der Waals surface area contributed by atoms with Crippen molar-refractivity contribution in [2.24, 2.45) is 0 Å². The smallest absolute Gasteiger partial charge is 0.295 e. The predicted octanol–water partition coefficient (Wildman–Crippen LogP) is 2.59. The molecule has 0 amide bonds. The van der Waals surface area contributed by atoms with Gasteiger partial charge in [-0.3, -0.25) is 4.90 Å². The van der Waals surface area contributed by atoms with E-state index in [1.807, 2.05) is 0 Å². The molecule has 3 atom stereocenters. The second-order valence-corrected chi connectivity index (χ2v) is 12.7. The van der Waals surface area contributed by atoms with Gasteiger partial charge in [-0.15, -0.1) is 4.13 Å². The lowest BCUT2D eigenvalue weighted by Gasteiger charge is -2.45. The van der Waals surface area contributed by atoms with Crippen LogP contribution in [0, 0.1) is 0 Å². The van der Waals surface area contributed by atoms with Crippen LogP contribution < -0.4 is 4.13 Å². The van der Waals surface area contributed by atoms with Gasteiger partial charge in [0.15, 0.2) is 11.0 Å². The lowest BCUT2D eigenvalue weighted by atomic mass is 10.1. The number of alkyl halides is 12. The van der Waals surface area contributed by atoms with Crippen molar-refractivity contribution in [1.29, 1.82) is 0 Å². The molecule has 0 aromatic rings. The van der Waals surface area contributed by atoms with E-state index in [0.717, 1.165) is 18.7 Å². The van der Waals surface area contributed by atoms with Crippen molar-refractivity contribution in [2.75, 3.05) is 19.6 Å². The molecule has 1 aliphatic heterocycles. The summed E-state index contributed by atoms with van der Waals surface area (Å²) < 4.78 is 215. The van der Waals surface area contributed by atoms with Crippen molar-refractivity contribution in [3.05, 3.63) is 0 Å². The Labute approximate surface area is 198 Å². The Hall–Kier alpha value is -0.910. The Morgan fingerprint density at radius 3 is 1.61 bits per heavy atom. The van der Waals surface area contributed by atoms with Crippen LogP contribution in [-0.2, 0) is 31.0 Å². The van der Waals surface area contributed by atoms with Crippen LogP contribution in [0.5, 0.6) is 0 Å². The van der Waals surface area contributed by atoms with Crippen molar-refractivity contribution in [1.82, 2.24) is 13.3 Å². The van der Waals surface area contributed by atoms with Crippen molar-refractivity contribution in [3.8, 4) is 0 Å². The summed E-state index contributed by atoms with van der Waals surface area (Å²) in [5, 5.41) is -13.8. The van der Waals surface area contributed by atoms with Gasteiger partial charge in [-0.05, 0) is 13.8 Å². The summed E-state index contributed by atoms with van der Waals surface area (Å²) in [4.78, 5) is 0.978. The molecule has 8 nitrogen and oxygen atoms in total. The van der Waals surface area contributed by atoms with E-state index in [1.54, 1.807) is 0 Å². The van der Waals surface area contributed by atoms with E-state index in [9.17, 15) is 73.7 Å². The van der Waals surface area contributed by atoms with Crippen LogP contribution >= 0.6 is 0 Å². The maximum absolute atomic E-state index is 14.4. The van der Waals surface area contributed by atoms with Crippen LogP contribution in [0.2, 0.25) is 0 Å². The molecule has 36 heavy (non-hydrogen) atoms. The number of nitrogens with one attached hydrogen (secondary N) is 1. The summed E-state index contributed by atoms with van der Waals surface area (Å²) in [6, 6.07) is -2.66. The molecule has 0 spiro atoms. The van der Waals surface area contributed by atoms with Gasteiger partial charge in [0.1, 0.15) is 0 Å². The highest BCUT2D eigenvalue weighted by atomic mass is 32.3. The van der Waals surface area contributed by atoms with Crippen molar-refractivity contribution < 1.29 is 73.7 Å². The fourth-order valence-corrected chi connectivity index (χ4v) is 6.63. The first-order valence-corrected chi connectivity index (χ1v) is 13.2. The van der Waals surface area contributed by atoms with E-state index in [0.29, 0.717) is 0 Å². The van der Waals surface area contributed by atoms with Crippen molar-refractivity contribution in [3.63, 3.8) is 0 Å². The second kappa shape index (κ2) is 10.0. The summed E-state index contributed by atoms with van der Waals surface area (Å²) >= 11 is 0. The Balaban J connectivity index is 3.28. The third-order valence-corrected chi connectivity index (χ3v) is 9.54. The number of halogens is 12. The monoisotopic (exact) mass is 619 g/mol. The molecule has 1 saturated heterocycles. The molecule has 216 valence electrons. The third-order valence-electron chi connectivity index (χ3n) is 4.84. The summed E-state index contributed by atoms with van der Waals surface area (Å²) in [5.41, 5.74) is -6.49. The molecule has 0 radical (unpaired) electrons. The lowest BCUT2D eigenvalue weighted by Crippen LogP contribution is -2.66. The van der Waals surface area contributed by atoms with E-state index in [-0.39, 0.29) is 0 Å². The number of hydrogen-bond acceptors (Lipinski definition) is 6. The van der Waals surface area contributed by atoms with Gasteiger partial charge in [-0.1, -0.05) is 0 Å². The second-order valence-electron chi connectivity index (χ2n) is 7.53. The fraction of sp³-hybridized carbons (Fsp3) is 1.00. The number of hydrogen-bond donors (Lipinski definition) is 1. The summed E-state index contributed by atoms with van der Waals surface area (Å²) in [7, 11) is -19.3. The average molecular weight is 619 g/mol. The molecule has 23 heteroatoms. The highest BCUT2D eigenvalue weighted by Crippen LogP contribution is 2.51. The van der Waals surface area contributed by atoms with Crippen LogP contribution in [0.1, 0.15) is 20.3 Å². The Bertz CT molecular complexity index is 1030. The van der Waals surface area contributed by atoms with E-state index >= 15 is 0 Å². The molecule has 0 aromatic heterocycles. The normalized spacial score (nSPS) is 23.6. The summed E-state index contributed by atoms with van der Waals surface area (Å²) in [6.45, 7) is -1.11. The van der Waals surface area contributed by atoms with Gasteiger partial charge in [0.25, 0.3) is 10.0 Å².